The number of halogens is 1. The summed E-state index contributed by atoms with van der Waals surface area (Å²) >= 11 is 3.14. The number of hydrogen-bond acceptors (Lipinski definition) is 4. The lowest BCUT2D eigenvalue weighted by atomic mass is 10.4. The molecule has 0 aromatic carbocycles. The molecule has 0 bridgehead atoms. The maximum absolute atomic E-state index is 10.3. The molecular formula is C6H6BrN3O2. The van der Waals surface area contributed by atoms with Crippen LogP contribution in [0.5, 0.6) is 5.75 Å². The molecule has 0 radical (unpaired) electrons. The number of nitrogen functional groups attached to an aromatic ring is 1. The van der Waals surface area contributed by atoms with Crippen molar-refractivity contribution in [1.82, 2.24) is 4.98 Å². The van der Waals surface area contributed by atoms with Gasteiger partial charge in [-0.15, -0.1) is 0 Å². The molecule has 0 aliphatic rings. The minimum atomic E-state index is -0.915. The Labute approximate surface area is 76.8 Å². The predicted molar refractivity (Wildman–Crippen MR) is 46.6 cm³/mol. The number of ether oxygens (including phenoxy) is 1. The van der Waals surface area contributed by atoms with Gasteiger partial charge in [0.1, 0.15) is 0 Å². The summed E-state index contributed by atoms with van der Waals surface area (Å²) in [6.07, 6.45) is 0.574. The van der Waals surface area contributed by atoms with Crippen molar-refractivity contribution in [1.29, 1.82) is 0 Å². The van der Waals surface area contributed by atoms with Crippen molar-refractivity contribution in [2.45, 2.75) is 0 Å². The molecule has 0 spiro atoms. The summed E-state index contributed by atoms with van der Waals surface area (Å²) in [6.45, 7) is 0. The molecule has 5 nitrogen and oxygen atoms in total. The molecule has 12 heavy (non-hydrogen) atoms. The quantitative estimate of drug-likeness (QED) is 0.751. The van der Waals surface area contributed by atoms with Gasteiger partial charge in [0.15, 0.2) is 11.6 Å². The fourth-order valence-corrected chi connectivity index (χ4v) is 0.932. The highest BCUT2D eigenvalue weighted by Crippen LogP contribution is 2.22. The van der Waals surface area contributed by atoms with E-state index >= 15 is 0 Å². The van der Waals surface area contributed by atoms with Gasteiger partial charge in [0.2, 0.25) is 0 Å². The van der Waals surface area contributed by atoms with E-state index in [0.29, 0.717) is 4.47 Å². The molecule has 0 saturated heterocycles. The van der Waals surface area contributed by atoms with Crippen LogP contribution >= 0.6 is 15.9 Å². The third-order valence-electron chi connectivity index (χ3n) is 1.06. The maximum Gasteiger partial charge on any atom is 0.410 e. The second kappa shape index (κ2) is 3.40. The monoisotopic (exact) mass is 231 g/mol. The third kappa shape index (κ3) is 2.09. The highest BCUT2D eigenvalue weighted by atomic mass is 79.9. The zero-order valence-corrected chi connectivity index (χ0v) is 7.54. The number of amides is 1. The van der Waals surface area contributed by atoms with Crippen molar-refractivity contribution in [2.75, 3.05) is 5.73 Å². The number of aromatic nitrogens is 1. The van der Waals surface area contributed by atoms with E-state index < -0.39 is 6.09 Å². The van der Waals surface area contributed by atoms with Gasteiger partial charge in [-0.1, -0.05) is 0 Å². The SMILES string of the molecule is NC(=O)Oc1cc(Br)cnc1N. The Hall–Kier alpha value is -1.30. The van der Waals surface area contributed by atoms with Crippen LogP contribution in [-0.2, 0) is 0 Å². The summed E-state index contributed by atoms with van der Waals surface area (Å²) in [5.74, 6) is 0.272. The molecule has 4 N–H and O–H groups in total. The minimum absolute atomic E-state index is 0.122. The van der Waals surface area contributed by atoms with Crippen LogP contribution in [0.1, 0.15) is 0 Å². The van der Waals surface area contributed by atoms with Gasteiger partial charge in [-0.05, 0) is 15.9 Å². The van der Waals surface area contributed by atoms with E-state index in [4.69, 9.17) is 11.5 Å². The van der Waals surface area contributed by atoms with Crippen LogP contribution in [0.4, 0.5) is 10.6 Å². The van der Waals surface area contributed by atoms with Gasteiger partial charge in [-0.25, -0.2) is 9.78 Å². The average molecular weight is 232 g/mol. The van der Waals surface area contributed by atoms with E-state index in [2.05, 4.69) is 25.7 Å². The highest BCUT2D eigenvalue weighted by Gasteiger charge is 2.04. The molecule has 1 heterocycles. The molecule has 1 amide bonds. The molecule has 0 atom stereocenters. The second-order valence-corrected chi connectivity index (χ2v) is 2.87. The van der Waals surface area contributed by atoms with Crippen LogP contribution in [0, 0.1) is 0 Å². The molecule has 1 aromatic rings. The average Bonchev–Trinajstić information content (AvgIpc) is 1.96. The van der Waals surface area contributed by atoms with E-state index in [0.717, 1.165) is 0 Å². The van der Waals surface area contributed by atoms with Gasteiger partial charge in [0.25, 0.3) is 0 Å². The Morgan fingerprint density at radius 2 is 2.33 bits per heavy atom. The number of rotatable bonds is 1. The summed E-state index contributed by atoms with van der Waals surface area (Å²) in [5.41, 5.74) is 10.2. The first-order valence-corrected chi connectivity index (χ1v) is 3.77. The zero-order valence-electron chi connectivity index (χ0n) is 5.95. The maximum atomic E-state index is 10.3. The minimum Gasteiger partial charge on any atom is -0.406 e. The van der Waals surface area contributed by atoms with E-state index in [1.54, 1.807) is 0 Å². The Morgan fingerprint density at radius 3 is 2.92 bits per heavy atom. The highest BCUT2D eigenvalue weighted by molar-refractivity contribution is 9.10. The summed E-state index contributed by atoms with van der Waals surface area (Å²) in [6, 6.07) is 1.51. The lowest BCUT2D eigenvalue weighted by Gasteiger charge is -2.02. The molecule has 6 heteroatoms. The molecule has 0 unspecified atom stereocenters. The summed E-state index contributed by atoms with van der Waals surface area (Å²) in [7, 11) is 0. The number of primary amides is 1. The van der Waals surface area contributed by atoms with Crippen molar-refractivity contribution in [3.05, 3.63) is 16.7 Å². The largest absolute Gasteiger partial charge is 0.410 e. The van der Waals surface area contributed by atoms with E-state index in [-0.39, 0.29) is 11.6 Å². The lowest BCUT2D eigenvalue weighted by molar-refractivity contribution is 0.211. The Balaban J connectivity index is 2.97. The first-order chi connectivity index (χ1) is 5.59. The van der Waals surface area contributed by atoms with Crippen LogP contribution in [0.15, 0.2) is 16.7 Å². The molecule has 0 aliphatic heterocycles. The van der Waals surface area contributed by atoms with Crippen molar-refractivity contribution >= 4 is 27.8 Å². The number of anilines is 1. The Kier molecular flexibility index (Phi) is 2.49. The van der Waals surface area contributed by atoms with Gasteiger partial charge in [-0.3, -0.25) is 0 Å². The van der Waals surface area contributed by atoms with Crippen LogP contribution in [0.25, 0.3) is 0 Å². The standard InChI is InChI=1S/C6H6BrN3O2/c7-3-1-4(12-6(9)11)5(8)10-2-3/h1-2H,(H2,8,10)(H2,9,11). The van der Waals surface area contributed by atoms with Crippen LogP contribution < -0.4 is 16.2 Å². The van der Waals surface area contributed by atoms with Gasteiger partial charge >= 0.3 is 6.09 Å². The molecule has 0 aliphatic carbocycles. The third-order valence-corrected chi connectivity index (χ3v) is 1.49. The summed E-state index contributed by atoms with van der Waals surface area (Å²) in [5, 5.41) is 0. The Bertz CT molecular complexity index is 316. The normalized spacial score (nSPS) is 9.42. The van der Waals surface area contributed by atoms with Gasteiger partial charge in [-0.2, -0.15) is 0 Å². The number of nitrogens with zero attached hydrogens (tertiary/aromatic N) is 1. The van der Waals surface area contributed by atoms with Gasteiger partial charge in [0.05, 0.1) is 0 Å². The number of nitrogens with two attached hydrogens (primary N) is 2. The topological polar surface area (TPSA) is 91.2 Å². The molecule has 0 fully saturated rings. The van der Waals surface area contributed by atoms with Gasteiger partial charge < -0.3 is 16.2 Å². The van der Waals surface area contributed by atoms with Crippen LogP contribution in [0.3, 0.4) is 0 Å². The molecule has 64 valence electrons. The molecule has 1 aromatic heterocycles. The fraction of sp³-hybridized carbons (Fsp3) is 0. The first kappa shape index (κ1) is 8.79. The van der Waals surface area contributed by atoms with Gasteiger partial charge in [0, 0.05) is 16.7 Å². The number of carbonyl (C=O) groups is 1. The first-order valence-electron chi connectivity index (χ1n) is 2.98. The fourth-order valence-electron chi connectivity index (χ4n) is 0.621. The lowest BCUT2D eigenvalue weighted by Crippen LogP contribution is -2.17. The van der Waals surface area contributed by atoms with Crippen molar-refractivity contribution in [3.8, 4) is 5.75 Å². The van der Waals surface area contributed by atoms with Crippen molar-refractivity contribution in [3.63, 3.8) is 0 Å². The van der Waals surface area contributed by atoms with E-state index in [9.17, 15) is 4.79 Å². The second-order valence-electron chi connectivity index (χ2n) is 1.96. The molecule has 1 rings (SSSR count). The van der Waals surface area contributed by atoms with Crippen molar-refractivity contribution in [2.24, 2.45) is 5.73 Å². The van der Waals surface area contributed by atoms with Crippen LogP contribution in [0.2, 0.25) is 0 Å². The van der Waals surface area contributed by atoms with Crippen molar-refractivity contribution < 1.29 is 9.53 Å². The summed E-state index contributed by atoms with van der Waals surface area (Å²) in [4.78, 5) is 14.1. The predicted octanol–water partition coefficient (Wildman–Crippen LogP) is 0.884. The van der Waals surface area contributed by atoms with Crippen LogP contribution in [-0.4, -0.2) is 11.1 Å². The molecular weight excluding hydrogens is 226 g/mol. The number of carbonyl (C=O) groups excluding carboxylic acids is 1. The number of hydrogen-bond donors (Lipinski definition) is 2. The number of pyridine rings is 1. The smallest absolute Gasteiger partial charge is 0.406 e. The molecule has 0 saturated carbocycles. The Morgan fingerprint density at radius 1 is 1.67 bits per heavy atom. The van der Waals surface area contributed by atoms with E-state index in [1.165, 1.54) is 12.3 Å². The summed E-state index contributed by atoms with van der Waals surface area (Å²) < 4.78 is 5.21. The van der Waals surface area contributed by atoms with E-state index in [1.807, 2.05) is 0 Å². The zero-order chi connectivity index (χ0) is 9.14.